The first-order chi connectivity index (χ1) is 14.0. The van der Waals surface area contributed by atoms with Crippen molar-refractivity contribution in [1.29, 1.82) is 0 Å². The molecular weight excluding hydrogens is 434 g/mol. The molecule has 0 saturated carbocycles. The highest BCUT2D eigenvalue weighted by atomic mass is 35.5. The number of nitrogens with zero attached hydrogens (tertiary/aromatic N) is 2. The van der Waals surface area contributed by atoms with Crippen LogP contribution >= 0.6 is 12.4 Å². The zero-order chi connectivity index (χ0) is 20.4. The van der Waals surface area contributed by atoms with Gasteiger partial charge in [-0.1, -0.05) is 30.3 Å². The smallest absolute Gasteiger partial charge is 0.289 e. The van der Waals surface area contributed by atoms with E-state index in [2.05, 4.69) is 53.3 Å². The van der Waals surface area contributed by atoms with Gasteiger partial charge in [-0.15, -0.1) is 12.4 Å². The standard InChI is InChI=1S/C25H26FN2O.2ClH/c1-27(2)13-14-29-20-11-12-25-23(17-20)22(16-18-7-6-8-19(26)15-18)21-9-4-5-10-24(21)28(25)3;;/h4-12,15,22H,13-14,16H2,1-3H3;2*1H/q+1;;/p-1. The lowest BCUT2D eigenvalue weighted by atomic mass is 9.79. The molecular formula is C25H27Cl2FN2O. The summed E-state index contributed by atoms with van der Waals surface area (Å²) < 4.78 is 19.8. The van der Waals surface area contributed by atoms with E-state index < -0.39 is 0 Å². The Hall–Kier alpha value is -2.36. The summed E-state index contributed by atoms with van der Waals surface area (Å²) in [4.78, 5) is 4.29. The lowest BCUT2D eigenvalue weighted by Crippen LogP contribution is -3.00. The Balaban J connectivity index is 0.00000171. The number of rotatable bonds is 6. The SMILES string of the molecule is CN(C)CCOC1=[C+]C2=C(C=C1)N(C)c1ccccc1C2Cc1cccc(F)c1.Cl.[Cl-]. The Bertz CT molecular complexity index is 1000. The van der Waals surface area contributed by atoms with Gasteiger partial charge in [-0.2, -0.15) is 0 Å². The summed E-state index contributed by atoms with van der Waals surface area (Å²) in [7, 11) is 6.14. The van der Waals surface area contributed by atoms with Crippen LogP contribution in [0, 0.1) is 11.9 Å². The molecule has 2 aromatic rings. The number of fused-ring (bicyclic) bond motifs is 1. The fourth-order valence-electron chi connectivity index (χ4n) is 3.95. The number of para-hydroxylation sites is 1. The number of benzene rings is 2. The van der Waals surface area contributed by atoms with Crippen LogP contribution in [0.5, 0.6) is 0 Å². The maximum atomic E-state index is 13.8. The Labute approximate surface area is 196 Å². The van der Waals surface area contributed by atoms with Crippen LogP contribution in [0.15, 0.2) is 77.7 Å². The number of allylic oxidation sites excluding steroid dienone is 4. The van der Waals surface area contributed by atoms with Gasteiger partial charge in [0.05, 0.1) is 29.8 Å². The molecule has 0 radical (unpaired) electrons. The minimum absolute atomic E-state index is 0. The second-order valence-corrected chi connectivity index (χ2v) is 7.78. The number of halogens is 3. The third-order valence-electron chi connectivity index (χ3n) is 5.43. The molecule has 6 heteroatoms. The number of likely N-dealkylation sites (N-methyl/N-ethyl adjacent to an activating group) is 2. The first-order valence-corrected chi connectivity index (χ1v) is 9.94. The van der Waals surface area contributed by atoms with Crippen molar-refractivity contribution >= 4 is 18.1 Å². The Morgan fingerprint density at radius 2 is 1.87 bits per heavy atom. The second kappa shape index (κ2) is 10.8. The van der Waals surface area contributed by atoms with E-state index in [9.17, 15) is 4.39 Å². The summed E-state index contributed by atoms with van der Waals surface area (Å²) in [6.45, 7) is 1.46. The van der Waals surface area contributed by atoms with Gasteiger partial charge in [-0.25, -0.2) is 4.39 Å². The van der Waals surface area contributed by atoms with Crippen LogP contribution in [0.4, 0.5) is 10.1 Å². The average molecular weight is 461 g/mol. The lowest BCUT2D eigenvalue weighted by molar-refractivity contribution is -0.00000748. The van der Waals surface area contributed by atoms with E-state index in [1.54, 1.807) is 12.1 Å². The first-order valence-electron chi connectivity index (χ1n) is 9.94. The van der Waals surface area contributed by atoms with E-state index in [1.807, 2.05) is 26.2 Å². The van der Waals surface area contributed by atoms with Crippen LogP contribution in [-0.2, 0) is 11.2 Å². The van der Waals surface area contributed by atoms with Crippen LogP contribution in [0.25, 0.3) is 0 Å². The van der Waals surface area contributed by atoms with Gasteiger partial charge in [0.15, 0.2) is 11.3 Å². The lowest BCUT2D eigenvalue weighted by Gasteiger charge is -2.31. The van der Waals surface area contributed by atoms with E-state index in [1.165, 1.54) is 17.3 Å². The monoisotopic (exact) mass is 460 g/mol. The van der Waals surface area contributed by atoms with Crippen molar-refractivity contribution in [3.63, 3.8) is 0 Å². The summed E-state index contributed by atoms with van der Waals surface area (Å²) in [6.07, 6.45) is 8.32. The maximum absolute atomic E-state index is 13.8. The normalized spacial score (nSPS) is 16.5. The molecule has 0 amide bonds. The topological polar surface area (TPSA) is 15.7 Å². The van der Waals surface area contributed by atoms with Crippen molar-refractivity contribution in [3.8, 4) is 0 Å². The number of hydrogen-bond acceptors (Lipinski definition) is 3. The molecule has 1 unspecified atom stereocenters. The van der Waals surface area contributed by atoms with Crippen LogP contribution in [-0.4, -0.2) is 39.2 Å². The minimum Gasteiger partial charge on any atom is -1.00 e. The molecule has 2 aliphatic rings. The van der Waals surface area contributed by atoms with Gasteiger partial charge in [0.1, 0.15) is 12.4 Å². The van der Waals surface area contributed by atoms with Crippen LogP contribution in [0.1, 0.15) is 17.0 Å². The molecule has 31 heavy (non-hydrogen) atoms. The van der Waals surface area contributed by atoms with Gasteiger partial charge in [-0.3, -0.25) is 4.90 Å². The van der Waals surface area contributed by atoms with Crippen LogP contribution < -0.4 is 17.3 Å². The summed E-state index contributed by atoms with van der Waals surface area (Å²) in [6, 6.07) is 15.3. The van der Waals surface area contributed by atoms with E-state index >= 15 is 0 Å². The predicted octanol–water partition coefficient (Wildman–Crippen LogP) is 2.12. The third-order valence-corrected chi connectivity index (χ3v) is 5.43. The van der Waals surface area contributed by atoms with Crippen LogP contribution in [0.3, 0.4) is 0 Å². The molecule has 2 aromatic carbocycles. The third kappa shape index (κ3) is 5.47. The molecule has 4 rings (SSSR count). The van der Waals surface area contributed by atoms with Gasteiger partial charge < -0.3 is 22.0 Å². The largest absolute Gasteiger partial charge is 1.00 e. The van der Waals surface area contributed by atoms with Gasteiger partial charge in [0.2, 0.25) is 0 Å². The van der Waals surface area contributed by atoms with Gasteiger partial charge >= 0.3 is 0 Å². The molecule has 0 fully saturated rings. The molecule has 1 heterocycles. The molecule has 1 atom stereocenters. The molecule has 3 nitrogen and oxygen atoms in total. The summed E-state index contributed by atoms with van der Waals surface area (Å²) in [5.41, 5.74) is 5.60. The zero-order valence-electron chi connectivity index (χ0n) is 17.9. The average Bonchev–Trinajstić information content (AvgIpc) is 2.71. The van der Waals surface area contributed by atoms with E-state index in [0.717, 1.165) is 29.1 Å². The molecule has 0 N–H and O–H groups in total. The molecule has 1 aliphatic carbocycles. The quantitative estimate of drug-likeness (QED) is 0.614. The van der Waals surface area contributed by atoms with Crippen molar-refractivity contribution < 1.29 is 21.5 Å². The van der Waals surface area contributed by atoms with E-state index in [-0.39, 0.29) is 36.5 Å². The molecule has 0 bridgehead atoms. The maximum Gasteiger partial charge on any atom is 0.289 e. The number of hydrogen-bond donors (Lipinski definition) is 0. The second-order valence-electron chi connectivity index (χ2n) is 7.78. The van der Waals surface area contributed by atoms with E-state index in [0.29, 0.717) is 13.0 Å². The molecule has 0 spiro atoms. The zero-order valence-corrected chi connectivity index (χ0v) is 19.5. The molecule has 0 aromatic heterocycles. The van der Waals surface area contributed by atoms with Gasteiger partial charge in [0.25, 0.3) is 5.76 Å². The van der Waals surface area contributed by atoms with Crippen molar-refractivity contribution in [2.75, 3.05) is 39.2 Å². The Morgan fingerprint density at radius 1 is 1.10 bits per heavy atom. The van der Waals surface area contributed by atoms with Crippen LogP contribution in [0.2, 0.25) is 0 Å². The fraction of sp³-hybridized carbons (Fsp3) is 0.280. The summed E-state index contributed by atoms with van der Waals surface area (Å²) in [5.74, 6) is 0.646. The van der Waals surface area contributed by atoms with Crippen molar-refractivity contribution in [1.82, 2.24) is 4.90 Å². The van der Waals surface area contributed by atoms with E-state index in [4.69, 9.17) is 4.74 Å². The highest BCUT2D eigenvalue weighted by Gasteiger charge is 2.37. The van der Waals surface area contributed by atoms with Crippen molar-refractivity contribution in [3.05, 3.63) is 101 Å². The fourth-order valence-corrected chi connectivity index (χ4v) is 3.95. The summed E-state index contributed by atoms with van der Waals surface area (Å²) in [5, 5.41) is 0. The number of ether oxygens (including phenoxy) is 1. The Kier molecular flexibility index (Phi) is 8.67. The summed E-state index contributed by atoms with van der Waals surface area (Å²) >= 11 is 0. The minimum atomic E-state index is -0.200. The highest BCUT2D eigenvalue weighted by molar-refractivity contribution is 5.85. The highest BCUT2D eigenvalue weighted by Crippen LogP contribution is 2.44. The predicted molar refractivity (Wildman–Crippen MR) is 122 cm³/mol. The first kappa shape index (κ1) is 24.9. The Morgan fingerprint density at radius 3 is 2.61 bits per heavy atom. The van der Waals surface area contributed by atoms with Crippen molar-refractivity contribution in [2.45, 2.75) is 12.3 Å². The van der Waals surface area contributed by atoms with Gasteiger partial charge in [-0.05, 0) is 49.8 Å². The number of anilines is 1. The van der Waals surface area contributed by atoms with Gasteiger partial charge in [0, 0.05) is 13.6 Å². The molecule has 1 aliphatic heterocycles. The molecule has 164 valence electrons. The molecule has 0 saturated heterocycles. The van der Waals surface area contributed by atoms with Crippen molar-refractivity contribution in [2.24, 2.45) is 0 Å².